The molecule has 0 aliphatic carbocycles. The average molecular weight is 501 g/mol. The number of carbonyl (C=O) groups excluding carboxylic acids is 4. The van der Waals surface area contributed by atoms with E-state index in [1.165, 1.54) is 30.3 Å². The van der Waals surface area contributed by atoms with Gasteiger partial charge in [0.15, 0.2) is 0 Å². The van der Waals surface area contributed by atoms with Crippen LogP contribution in [0.2, 0.25) is 10.8 Å². The van der Waals surface area contributed by atoms with Crippen LogP contribution in [0.25, 0.3) is 0 Å². The van der Waals surface area contributed by atoms with Crippen molar-refractivity contribution in [3.63, 3.8) is 0 Å². The number of carbonyl (C=O) groups is 4. The summed E-state index contributed by atoms with van der Waals surface area (Å²) in [7, 11) is 23.4. The van der Waals surface area contributed by atoms with Gasteiger partial charge >= 0.3 is 5.92 Å². The molecule has 2 atom stereocenters. The van der Waals surface area contributed by atoms with Crippen LogP contribution in [0, 0.1) is 0 Å². The summed E-state index contributed by atoms with van der Waals surface area (Å²) in [5.41, 5.74) is -1.72. The second-order valence-electron chi connectivity index (χ2n) is 8.60. The number of benzene rings is 2. The SMILES string of the molecule is [B]C1CC(=O)N([B])C(=O)[C@]1([B])N1Cc2cc(CN([B])C(=O)C(F)(F)c3ccc(Cl)cc3)ccc2C1=O. The first-order chi connectivity index (χ1) is 16.8. The molecule has 0 saturated carbocycles. The second-order valence-corrected chi connectivity index (χ2v) is 9.04. The van der Waals surface area contributed by atoms with Crippen LogP contribution in [0.15, 0.2) is 42.5 Å². The lowest BCUT2D eigenvalue weighted by molar-refractivity contribution is -0.154. The van der Waals surface area contributed by atoms with Crippen LogP contribution >= 0.6 is 11.6 Å². The van der Waals surface area contributed by atoms with E-state index < -0.39 is 52.9 Å². The van der Waals surface area contributed by atoms with Gasteiger partial charge in [-0.05, 0) is 35.1 Å². The van der Waals surface area contributed by atoms with Crippen LogP contribution in [0.3, 0.4) is 0 Å². The third-order valence-corrected chi connectivity index (χ3v) is 6.55. The van der Waals surface area contributed by atoms with Crippen molar-refractivity contribution in [1.82, 2.24) is 14.5 Å². The Morgan fingerprint density at radius 3 is 2.44 bits per heavy atom. The lowest BCUT2D eigenvalue weighted by atomic mass is 9.55. The predicted molar refractivity (Wildman–Crippen MR) is 128 cm³/mol. The van der Waals surface area contributed by atoms with Gasteiger partial charge in [-0.2, -0.15) is 8.78 Å². The zero-order valence-corrected chi connectivity index (χ0v) is 19.4. The maximum atomic E-state index is 14.7. The Morgan fingerprint density at radius 2 is 1.81 bits per heavy atom. The van der Waals surface area contributed by atoms with Crippen LogP contribution in [0.1, 0.15) is 33.5 Å². The first-order valence-corrected chi connectivity index (χ1v) is 11.0. The molecule has 1 unspecified atom stereocenters. The number of fused-ring (bicyclic) bond motifs is 1. The van der Waals surface area contributed by atoms with Gasteiger partial charge in [-0.3, -0.25) is 19.2 Å². The van der Waals surface area contributed by atoms with Gasteiger partial charge in [0.1, 0.15) is 7.85 Å². The van der Waals surface area contributed by atoms with Crippen LogP contribution in [-0.2, 0) is 33.4 Å². The third kappa shape index (κ3) is 4.13. The number of rotatable bonds is 5. The van der Waals surface area contributed by atoms with Gasteiger partial charge in [0, 0.05) is 35.7 Å². The first kappa shape index (κ1) is 26.0. The molecule has 2 aromatic rings. The standard InChI is InChI=1S/C22H14B4ClF2N3O4/c23-16-8-17(33)32(26)19(35)21(16,24)30-10-12-7-11(1-6-15(12)18(30)34)9-31(25)20(36)22(28,29)13-2-4-14(27)5-3-13/h1-7,16H,8-10H2/t16?,21-/m1/s1. The van der Waals surface area contributed by atoms with Gasteiger partial charge in [-0.1, -0.05) is 35.9 Å². The molecule has 0 spiro atoms. The van der Waals surface area contributed by atoms with Crippen molar-refractivity contribution in [3.05, 3.63) is 69.7 Å². The number of nitrogens with zero attached hydrogens (tertiary/aromatic N) is 3. The molecular formula is C22H14B4ClF2N3O4. The molecule has 4 rings (SSSR count). The van der Waals surface area contributed by atoms with Crippen LogP contribution in [0.4, 0.5) is 8.78 Å². The molecule has 14 heteroatoms. The van der Waals surface area contributed by atoms with Gasteiger partial charge in [0.2, 0.25) is 27.8 Å². The molecule has 2 aliphatic heterocycles. The van der Waals surface area contributed by atoms with E-state index in [4.69, 9.17) is 43.3 Å². The molecular weight excluding hydrogens is 487 g/mol. The Hall–Kier alpha value is -3.07. The quantitative estimate of drug-likeness (QED) is 0.456. The van der Waals surface area contributed by atoms with E-state index in [1.54, 1.807) is 0 Å². The van der Waals surface area contributed by atoms with Crippen LogP contribution < -0.4 is 0 Å². The van der Waals surface area contributed by atoms with Gasteiger partial charge < -0.3 is 14.5 Å². The van der Waals surface area contributed by atoms with E-state index in [2.05, 4.69) is 0 Å². The second kappa shape index (κ2) is 9.10. The largest absolute Gasteiger partial charge is 0.387 e. The number of amides is 4. The lowest BCUT2D eigenvalue weighted by Crippen LogP contribution is -2.66. The summed E-state index contributed by atoms with van der Waals surface area (Å²) in [6.07, 6.45) is -0.351. The Labute approximate surface area is 215 Å². The van der Waals surface area contributed by atoms with Crippen LogP contribution in [-0.4, -0.2) is 75.2 Å². The van der Waals surface area contributed by atoms with Crippen molar-refractivity contribution < 1.29 is 28.0 Å². The fourth-order valence-electron chi connectivity index (χ4n) is 4.23. The number of hydrogen-bond acceptors (Lipinski definition) is 4. The molecule has 8 radical (unpaired) electrons. The zero-order valence-electron chi connectivity index (χ0n) is 18.7. The number of imide groups is 1. The first-order valence-electron chi connectivity index (χ1n) is 10.6. The fraction of sp³-hybridized carbons (Fsp3) is 0.273. The van der Waals surface area contributed by atoms with E-state index in [0.29, 0.717) is 20.7 Å². The minimum absolute atomic E-state index is 0.167. The molecule has 1 fully saturated rings. The van der Waals surface area contributed by atoms with Crippen molar-refractivity contribution in [2.45, 2.75) is 36.7 Å². The van der Waals surface area contributed by atoms with Crippen molar-refractivity contribution in [1.29, 1.82) is 0 Å². The Morgan fingerprint density at radius 1 is 1.17 bits per heavy atom. The number of piperidine rings is 1. The maximum absolute atomic E-state index is 14.7. The van der Waals surface area contributed by atoms with E-state index in [9.17, 15) is 28.0 Å². The molecule has 2 heterocycles. The fourth-order valence-corrected chi connectivity index (χ4v) is 4.35. The Bertz CT molecular complexity index is 1280. The van der Waals surface area contributed by atoms with Crippen molar-refractivity contribution >= 4 is 66.9 Å². The molecule has 2 aliphatic rings. The van der Waals surface area contributed by atoms with Gasteiger partial charge in [-0.15, -0.1) is 0 Å². The highest BCUT2D eigenvalue weighted by molar-refractivity contribution is 6.42. The summed E-state index contributed by atoms with van der Waals surface area (Å²) < 4.78 is 29.4. The summed E-state index contributed by atoms with van der Waals surface area (Å²) in [5, 5.41) is 0.231. The summed E-state index contributed by atoms with van der Waals surface area (Å²) >= 11 is 5.72. The zero-order chi connectivity index (χ0) is 26.6. The van der Waals surface area contributed by atoms with Gasteiger partial charge in [0.05, 0.1) is 13.3 Å². The highest BCUT2D eigenvalue weighted by atomic mass is 35.5. The monoisotopic (exact) mass is 501 g/mol. The minimum atomic E-state index is -3.90. The molecule has 0 N–H and O–H groups in total. The normalized spacial score (nSPS) is 22.1. The molecule has 4 amide bonds. The maximum Gasteiger partial charge on any atom is 0.348 e. The van der Waals surface area contributed by atoms with Crippen molar-refractivity contribution in [2.24, 2.45) is 0 Å². The van der Waals surface area contributed by atoms with Crippen LogP contribution in [0.5, 0.6) is 0 Å². The molecule has 0 bridgehead atoms. The number of hydrogen-bond donors (Lipinski definition) is 0. The van der Waals surface area contributed by atoms with Crippen molar-refractivity contribution in [2.75, 3.05) is 0 Å². The Balaban J connectivity index is 1.53. The third-order valence-electron chi connectivity index (χ3n) is 6.30. The summed E-state index contributed by atoms with van der Waals surface area (Å²) in [6, 6.07) is 8.83. The molecule has 0 aromatic heterocycles. The van der Waals surface area contributed by atoms with E-state index in [0.717, 1.165) is 17.0 Å². The number of alkyl halides is 2. The molecule has 7 nitrogen and oxygen atoms in total. The summed E-state index contributed by atoms with van der Waals surface area (Å²) in [5.74, 6) is -9.14. The smallest absolute Gasteiger partial charge is 0.348 e. The van der Waals surface area contributed by atoms with Gasteiger partial charge in [0.25, 0.3) is 11.8 Å². The molecule has 174 valence electrons. The Kier molecular flexibility index (Phi) is 6.58. The van der Waals surface area contributed by atoms with Crippen molar-refractivity contribution in [3.8, 4) is 0 Å². The van der Waals surface area contributed by atoms with E-state index in [1.807, 2.05) is 0 Å². The highest BCUT2D eigenvalue weighted by Gasteiger charge is 2.53. The lowest BCUT2D eigenvalue weighted by Gasteiger charge is -2.48. The molecule has 36 heavy (non-hydrogen) atoms. The highest BCUT2D eigenvalue weighted by Crippen LogP contribution is 2.39. The summed E-state index contributed by atoms with van der Waals surface area (Å²) in [4.78, 5) is 51.7. The predicted octanol–water partition coefficient (Wildman–Crippen LogP) is 1.16. The number of halogens is 3. The van der Waals surface area contributed by atoms with E-state index in [-0.39, 0.29) is 23.6 Å². The molecule has 2 aromatic carbocycles. The molecule has 1 saturated heterocycles. The average Bonchev–Trinajstić information content (AvgIpc) is 3.17. The minimum Gasteiger partial charge on any atom is -0.387 e. The topological polar surface area (TPSA) is 78.0 Å². The van der Waals surface area contributed by atoms with Gasteiger partial charge in [-0.25, -0.2) is 0 Å². The van der Waals surface area contributed by atoms with E-state index >= 15 is 0 Å². The summed E-state index contributed by atoms with van der Waals surface area (Å²) in [6.45, 7) is -0.569.